The lowest BCUT2D eigenvalue weighted by molar-refractivity contribution is -0.137. The van der Waals surface area contributed by atoms with Crippen molar-refractivity contribution in [1.29, 1.82) is 0 Å². The monoisotopic (exact) mass is 373 g/mol. The highest BCUT2D eigenvalue weighted by molar-refractivity contribution is 5.78. The molecule has 1 aromatic carbocycles. The summed E-state index contributed by atoms with van der Waals surface area (Å²) in [6, 6.07) is 5.64. The van der Waals surface area contributed by atoms with Crippen molar-refractivity contribution in [3.8, 4) is 5.75 Å². The first-order chi connectivity index (χ1) is 13.1. The number of carbonyl (C=O) groups excluding carboxylic acids is 1. The first kappa shape index (κ1) is 17.9. The molecule has 2 aliphatic rings. The lowest BCUT2D eigenvalue weighted by Gasteiger charge is -2.36. The van der Waals surface area contributed by atoms with Crippen molar-refractivity contribution < 1.29 is 13.9 Å². The van der Waals surface area contributed by atoms with Crippen LogP contribution in [0.25, 0.3) is 0 Å². The van der Waals surface area contributed by atoms with E-state index < -0.39 is 0 Å². The van der Waals surface area contributed by atoms with E-state index in [0.29, 0.717) is 12.3 Å². The summed E-state index contributed by atoms with van der Waals surface area (Å²) in [6.45, 7) is 3.21. The van der Waals surface area contributed by atoms with Gasteiger partial charge >= 0.3 is 0 Å². The molecule has 0 aliphatic carbocycles. The van der Waals surface area contributed by atoms with Gasteiger partial charge in [0.25, 0.3) is 5.91 Å². The van der Waals surface area contributed by atoms with E-state index in [1.54, 1.807) is 0 Å². The highest BCUT2D eigenvalue weighted by atomic mass is 19.1. The number of ether oxygens (including phenoxy) is 1. The summed E-state index contributed by atoms with van der Waals surface area (Å²) >= 11 is 0. The Kier molecular flexibility index (Phi) is 5.07. The Balaban J connectivity index is 1.47. The zero-order valence-corrected chi connectivity index (χ0v) is 15.5. The fourth-order valence-electron chi connectivity index (χ4n) is 3.80. The summed E-state index contributed by atoms with van der Waals surface area (Å²) in [5.74, 6) is 1.93. The number of benzene rings is 1. The molecule has 0 radical (unpaired) electrons. The fraction of sp³-hybridized carbons (Fsp3) is 0.526. The second-order valence-electron chi connectivity index (χ2n) is 7.21. The zero-order chi connectivity index (χ0) is 18.8. The number of nitrogens with zero attached hydrogens (tertiary/aromatic N) is 5. The quantitative estimate of drug-likeness (QED) is 0.820. The summed E-state index contributed by atoms with van der Waals surface area (Å²) in [6.07, 6.45) is 2.92. The number of likely N-dealkylation sites (tertiary alicyclic amines) is 1. The van der Waals surface area contributed by atoms with Gasteiger partial charge in [0.05, 0.1) is 12.6 Å². The second kappa shape index (κ2) is 7.64. The first-order valence-corrected chi connectivity index (χ1v) is 9.40. The topological polar surface area (TPSA) is 63.5 Å². The lowest BCUT2D eigenvalue weighted by Crippen LogP contribution is -2.42. The van der Waals surface area contributed by atoms with Crippen molar-refractivity contribution in [2.45, 2.75) is 38.4 Å². The van der Waals surface area contributed by atoms with Crippen LogP contribution in [0, 0.1) is 5.82 Å². The van der Waals surface area contributed by atoms with E-state index >= 15 is 0 Å². The number of piperidine rings is 1. The van der Waals surface area contributed by atoms with Gasteiger partial charge in [-0.2, -0.15) is 0 Å². The van der Waals surface area contributed by atoms with Gasteiger partial charge in [0.2, 0.25) is 0 Å². The number of fused-ring (bicyclic) bond motifs is 1. The van der Waals surface area contributed by atoms with E-state index in [0.717, 1.165) is 50.5 Å². The number of hydrogen-bond acceptors (Lipinski definition) is 5. The van der Waals surface area contributed by atoms with Gasteiger partial charge in [0.15, 0.2) is 12.4 Å². The highest BCUT2D eigenvalue weighted by Crippen LogP contribution is 2.31. The van der Waals surface area contributed by atoms with E-state index in [1.807, 2.05) is 4.90 Å². The SMILES string of the molecule is CN1CCn2c(nnc2[C@@H]2CCCCN2C(=O)COc2ccc(F)cc2)C1. The van der Waals surface area contributed by atoms with Crippen LogP contribution in [0.2, 0.25) is 0 Å². The van der Waals surface area contributed by atoms with E-state index in [9.17, 15) is 9.18 Å². The molecule has 7 nitrogen and oxygen atoms in total. The van der Waals surface area contributed by atoms with Gasteiger partial charge in [-0.3, -0.25) is 9.69 Å². The fourth-order valence-corrected chi connectivity index (χ4v) is 3.80. The molecule has 0 unspecified atom stereocenters. The average Bonchev–Trinajstić information content (AvgIpc) is 3.10. The van der Waals surface area contributed by atoms with Crippen molar-refractivity contribution in [3.63, 3.8) is 0 Å². The molecule has 1 amide bonds. The molecule has 0 bridgehead atoms. The Morgan fingerprint density at radius 2 is 2.00 bits per heavy atom. The second-order valence-corrected chi connectivity index (χ2v) is 7.21. The van der Waals surface area contributed by atoms with Gasteiger partial charge in [-0.15, -0.1) is 10.2 Å². The molecule has 27 heavy (non-hydrogen) atoms. The van der Waals surface area contributed by atoms with Crippen LogP contribution in [-0.4, -0.2) is 57.2 Å². The van der Waals surface area contributed by atoms with Gasteiger partial charge in [-0.05, 0) is 50.6 Å². The zero-order valence-electron chi connectivity index (χ0n) is 15.5. The smallest absolute Gasteiger partial charge is 0.261 e. The van der Waals surface area contributed by atoms with Crippen LogP contribution < -0.4 is 4.74 Å². The minimum Gasteiger partial charge on any atom is -0.484 e. The third-order valence-electron chi connectivity index (χ3n) is 5.27. The molecule has 2 aromatic rings. The summed E-state index contributed by atoms with van der Waals surface area (Å²) in [4.78, 5) is 16.9. The van der Waals surface area contributed by atoms with Crippen LogP contribution in [0.4, 0.5) is 4.39 Å². The van der Waals surface area contributed by atoms with E-state index in [-0.39, 0.29) is 24.4 Å². The molecule has 2 aliphatic heterocycles. The van der Waals surface area contributed by atoms with Crippen LogP contribution in [0.3, 0.4) is 0 Å². The molecule has 1 aromatic heterocycles. The minimum absolute atomic E-state index is 0.0623. The number of halogens is 1. The van der Waals surface area contributed by atoms with Crippen LogP contribution >= 0.6 is 0 Å². The van der Waals surface area contributed by atoms with Gasteiger partial charge in [0, 0.05) is 19.6 Å². The molecule has 4 rings (SSSR count). The van der Waals surface area contributed by atoms with Crippen molar-refractivity contribution in [2.24, 2.45) is 0 Å². The molecular weight excluding hydrogens is 349 g/mol. The Labute approximate surface area is 157 Å². The molecule has 0 spiro atoms. The number of likely N-dealkylation sites (N-methyl/N-ethyl adjacent to an activating group) is 1. The lowest BCUT2D eigenvalue weighted by atomic mass is 10.0. The van der Waals surface area contributed by atoms with Gasteiger partial charge in [0.1, 0.15) is 17.4 Å². The van der Waals surface area contributed by atoms with Gasteiger partial charge in [-0.25, -0.2) is 4.39 Å². The molecule has 0 saturated carbocycles. The summed E-state index contributed by atoms with van der Waals surface area (Å²) in [5.41, 5.74) is 0. The molecule has 1 saturated heterocycles. The number of hydrogen-bond donors (Lipinski definition) is 0. The standard InChI is InChI=1S/C19H24FN5O2/c1-23-10-11-25-17(12-23)21-22-19(25)16-4-2-3-9-24(16)18(26)13-27-15-7-5-14(20)6-8-15/h5-8,16H,2-4,9-13H2,1H3/t16-/m0/s1. The van der Waals surface area contributed by atoms with Gasteiger partial charge in [-0.1, -0.05) is 0 Å². The summed E-state index contributed by atoms with van der Waals surface area (Å²) in [5, 5.41) is 8.77. The van der Waals surface area contributed by atoms with E-state index in [2.05, 4.69) is 26.7 Å². The maximum Gasteiger partial charge on any atom is 0.261 e. The van der Waals surface area contributed by atoms with Crippen LogP contribution in [0.1, 0.15) is 37.0 Å². The average molecular weight is 373 g/mol. The Bertz CT molecular complexity index is 807. The highest BCUT2D eigenvalue weighted by Gasteiger charge is 2.33. The Morgan fingerprint density at radius 3 is 2.81 bits per heavy atom. The normalized spacial score (nSPS) is 20.4. The molecule has 144 valence electrons. The predicted molar refractivity (Wildman–Crippen MR) is 96.6 cm³/mol. The Hall–Kier alpha value is -2.48. The first-order valence-electron chi connectivity index (χ1n) is 9.40. The maximum absolute atomic E-state index is 13.0. The third-order valence-corrected chi connectivity index (χ3v) is 5.27. The number of carbonyl (C=O) groups is 1. The van der Waals surface area contributed by atoms with Crippen molar-refractivity contribution in [3.05, 3.63) is 41.7 Å². The Morgan fingerprint density at radius 1 is 1.19 bits per heavy atom. The van der Waals surface area contributed by atoms with Crippen molar-refractivity contribution in [2.75, 3.05) is 26.7 Å². The van der Waals surface area contributed by atoms with E-state index in [4.69, 9.17) is 4.74 Å². The van der Waals surface area contributed by atoms with Gasteiger partial charge < -0.3 is 14.2 Å². The summed E-state index contributed by atoms with van der Waals surface area (Å²) < 4.78 is 20.7. The molecule has 1 fully saturated rings. The van der Waals surface area contributed by atoms with Crippen molar-refractivity contribution in [1.82, 2.24) is 24.6 Å². The number of aromatic nitrogens is 3. The molecule has 3 heterocycles. The minimum atomic E-state index is -0.327. The maximum atomic E-state index is 13.0. The van der Waals surface area contributed by atoms with Crippen molar-refractivity contribution >= 4 is 5.91 Å². The van der Waals surface area contributed by atoms with Crippen LogP contribution in [0.15, 0.2) is 24.3 Å². The molecular formula is C19H24FN5O2. The number of amides is 1. The largest absolute Gasteiger partial charge is 0.484 e. The molecule has 0 N–H and O–H groups in total. The molecule has 1 atom stereocenters. The third kappa shape index (κ3) is 3.80. The molecule has 8 heteroatoms. The number of rotatable bonds is 4. The predicted octanol–water partition coefficient (Wildman–Crippen LogP) is 2.00. The van der Waals surface area contributed by atoms with Crippen LogP contribution in [0.5, 0.6) is 5.75 Å². The van der Waals surface area contributed by atoms with E-state index in [1.165, 1.54) is 24.3 Å². The van der Waals surface area contributed by atoms with Crippen LogP contribution in [-0.2, 0) is 17.9 Å². The summed E-state index contributed by atoms with van der Waals surface area (Å²) in [7, 11) is 2.07.